The molecule has 0 aliphatic heterocycles. The van der Waals surface area contributed by atoms with Gasteiger partial charge in [0.2, 0.25) is 0 Å². The number of ether oxygens (including phenoxy) is 1. The third kappa shape index (κ3) is 4.74. The van der Waals surface area contributed by atoms with E-state index in [1.807, 2.05) is 6.92 Å². The van der Waals surface area contributed by atoms with Crippen LogP contribution in [-0.4, -0.2) is 23.1 Å². The van der Waals surface area contributed by atoms with E-state index in [4.69, 9.17) is 17.0 Å². The molecule has 0 unspecified atom stereocenters. The third-order valence-electron chi connectivity index (χ3n) is 3.31. The fourth-order valence-corrected chi connectivity index (χ4v) is 2.54. The monoisotopic (exact) mass is 423 g/mol. The van der Waals surface area contributed by atoms with Gasteiger partial charge in [0.15, 0.2) is 5.11 Å². The summed E-state index contributed by atoms with van der Waals surface area (Å²) in [6.45, 7) is 1.90. The maximum Gasteiger partial charge on any atom is 0.296 e. The molecule has 9 heteroatoms. The van der Waals surface area contributed by atoms with E-state index in [0.29, 0.717) is 11.3 Å². The summed E-state index contributed by atoms with van der Waals surface area (Å²) in [7, 11) is 1.41. The summed E-state index contributed by atoms with van der Waals surface area (Å²) < 4.78 is 5.77. The van der Waals surface area contributed by atoms with Gasteiger partial charge in [-0.2, -0.15) is 0 Å². The van der Waals surface area contributed by atoms with Gasteiger partial charge in [-0.3, -0.25) is 20.2 Å². The Morgan fingerprint density at radius 3 is 2.60 bits per heavy atom. The van der Waals surface area contributed by atoms with E-state index in [1.54, 1.807) is 24.3 Å². The summed E-state index contributed by atoms with van der Waals surface area (Å²) in [6.07, 6.45) is 0. The molecule has 7 nitrogen and oxygen atoms in total. The smallest absolute Gasteiger partial charge is 0.296 e. The number of halogens is 1. The number of carbonyl (C=O) groups is 1. The lowest BCUT2D eigenvalue weighted by Crippen LogP contribution is -2.34. The van der Waals surface area contributed by atoms with Crippen LogP contribution in [0.2, 0.25) is 0 Å². The summed E-state index contributed by atoms with van der Waals surface area (Å²) >= 11 is 8.43. The van der Waals surface area contributed by atoms with Gasteiger partial charge >= 0.3 is 0 Å². The zero-order valence-corrected chi connectivity index (χ0v) is 15.7. The molecule has 2 aromatic rings. The van der Waals surface area contributed by atoms with Gasteiger partial charge in [0.1, 0.15) is 11.4 Å². The van der Waals surface area contributed by atoms with Gasteiger partial charge in [-0.25, -0.2) is 0 Å². The van der Waals surface area contributed by atoms with Crippen molar-refractivity contribution in [1.29, 1.82) is 0 Å². The summed E-state index contributed by atoms with van der Waals surface area (Å²) in [5.74, 6) is -0.0777. The lowest BCUT2D eigenvalue weighted by atomic mass is 10.1. The van der Waals surface area contributed by atoms with E-state index in [-0.39, 0.29) is 16.5 Å². The molecular formula is C16H14BrN3O4S. The first kappa shape index (κ1) is 18.8. The number of nitro groups is 1. The van der Waals surface area contributed by atoms with Crippen LogP contribution in [0.25, 0.3) is 0 Å². The minimum Gasteiger partial charge on any atom is -0.496 e. The second-order valence-electron chi connectivity index (χ2n) is 5.01. The van der Waals surface area contributed by atoms with Gasteiger partial charge in [-0.15, -0.1) is 0 Å². The average Bonchev–Trinajstić information content (AvgIpc) is 2.57. The molecule has 2 N–H and O–H groups in total. The Kier molecular flexibility index (Phi) is 6.05. The summed E-state index contributed by atoms with van der Waals surface area (Å²) in [6, 6.07) is 9.40. The van der Waals surface area contributed by atoms with Crippen molar-refractivity contribution in [3.63, 3.8) is 0 Å². The number of hydrogen-bond acceptors (Lipinski definition) is 5. The number of methoxy groups -OCH3 is 1. The Bertz CT molecular complexity index is 857. The molecule has 1 amide bonds. The summed E-state index contributed by atoms with van der Waals surface area (Å²) in [4.78, 5) is 22.8. The molecule has 0 radical (unpaired) electrons. The highest BCUT2D eigenvalue weighted by Gasteiger charge is 2.17. The van der Waals surface area contributed by atoms with Crippen LogP contribution >= 0.6 is 28.1 Å². The lowest BCUT2D eigenvalue weighted by molar-refractivity contribution is -0.384. The van der Waals surface area contributed by atoms with Crippen molar-refractivity contribution in [2.75, 3.05) is 12.4 Å². The molecule has 2 aromatic carbocycles. The van der Waals surface area contributed by atoms with E-state index in [0.717, 1.165) is 10.0 Å². The van der Waals surface area contributed by atoms with Crippen molar-refractivity contribution >= 4 is 50.5 Å². The molecule has 0 saturated heterocycles. The average molecular weight is 424 g/mol. The Morgan fingerprint density at radius 1 is 1.28 bits per heavy atom. The van der Waals surface area contributed by atoms with Crippen LogP contribution in [0.5, 0.6) is 5.75 Å². The van der Waals surface area contributed by atoms with E-state index in [9.17, 15) is 14.9 Å². The number of nitro benzene ring substituents is 1. The largest absolute Gasteiger partial charge is 0.496 e. The van der Waals surface area contributed by atoms with Crippen molar-refractivity contribution < 1.29 is 14.5 Å². The summed E-state index contributed by atoms with van der Waals surface area (Å²) in [5.41, 5.74) is 1.34. The first-order valence-electron chi connectivity index (χ1n) is 7.02. The zero-order valence-electron chi connectivity index (χ0n) is 13.3. The number of aryl methyl sites for hydroxylation is 1. The molecular weight excluding hydrogens is 410 g/mol. The second-order valence-corrected chi connectivity index (χ2v) is 6.27. The molecule has 0 saturated carbocycles. The number of thiocarbonyl (C=S) groups is 1. The van der Waals surface area contributed by atoms with Crippen LogP contribution in [0.1, 0.15) is 15.9 Å². The highest BCUT2D eigenvalue weighted by molar-refractivity contribution is 9.10. The van der Waals surface area contributed by atoms with Crippen LogP contribution < -0.4 is 15.4 Å². The van der Waals surface area contributed by atoms with E-state index in [1.165, 1.54) is 19.2 Å². The number of nitrogens with one attached hydrogen (secondary N) is 2. The molecule has 2 rings (SSSR count). The van der Waals surface area contributed by atoms with E-state index >= 15 is 0 Å². The molecule has 0 fully saturated rings. The maximum absolute atomic E-state index is 12.2. The van der Waals surface area contributed by atoms with Crippen molar-refractivity contribution in [3.05, 3.63) is 62.1 Å². The van der Waals surface area contributed by atoms with E-state index < -0.39 is 10.8 Å². The predicted molar refractivity (Wildman–Crippen MR) is 102 cm³/mol. The number of rotatable bonds is 4. The molecule has 0 aromatic heterocycles. The number of anilines is 1. The topological polar surface area (TPSA) is 93.5 Å². The van der Waals surface area contributed by atoms with E-state index in [2.05, 4.69) is 26.6 Å². The quantitative estimate of drug-likeness (QED) is 0.441. The highest BCUT2D eigenvalue weighted by Crippen LogP contribution is 2.28. The predicted octanol–water partition coefficient (Wildman–Crippen LogP) is 3.80. The fourth-order valence-electron chi connectivity index (χ4n) is 1.96. The standard InChI is InChI=1S/C16H14BrN3O4S/c1-9-3-4-10(7-12(9)17)15(21)19-16(25)18-13-6-5-11(24-2)8-14(13)20(22)23/h3-8H,1-2H3,(H2,18,19,21,25). The molecule has 25 heavy (non-hydrogen) atoms. The Balaban J connectivity index is 2.13. The number of benzene rings is 2. The lowest BCUT2D eigenvalue weighted by Gasteiger charge is -2.11. The van der Waals surface area contributed by atoms with Crippen LogP contribution in [0.15, 0.2) is 40.9 Å². The molecule has 130 valence electrons. The van der Waals surface area contributed by atoms with Crippen molar-refractivity contribution in [3.8, 4) is 5.75 Å². The van der Waals surface area contributed by atoms with Crippen LogP contribution in [0.3, 0.4) is 0 Å². The minimum atomic E-state index is -0.563. The zero-order chi connectivity index (χ0) is 18.6. The Morgan fingerprint density at radius 2 is 2.00 bits per heavy atom. The van der Waals surface area contributed by atoms with Gasteiger partial charge in [-0.05, 0) is 49.0 Å². The van der Waals surface area contributed by atoms with Gasteiger partial charge in [-0.1, -0.05) is 22.0 Å². The number of amides is 1. The first-order valence-corrected chi connectivity index (χ1v) is 8.23. The van der Waals surface area contributed by atoms with Gasteiger partial charge in [0.05, 0.1) is 18.1 Å². The van der Waals surface area contributed by atoms with Crippen LogP contribution in [-0.2, 0) is 0 Å². The molecule has 0 aliphatic carbocycles. The molecule has 0 heterocycles. The number of nitrogens with zero attached hydrogens (tertiary/aromatic N) is 1. The molecule has 0 spiro atoms. The summed E-state index contributed by atoms with van der Waals surface area (Å²) in [5, 5.41) is 16.3. The highest BCUT2D eigenvalue weighted by atomic mass is 79.9. The van der Waals surface area contributed by atoms with Crippen molar-refractivity contribution in [1.82, 2.24) is 5.32 Å². The van der Waals surface area contributed by atoms with Crippen LogP contribution in [0.4, 0.5) is 11.4 Å². The van der Waals surface area contributed by atoms with Crippen molar-refractivity contribution in [2.24, 2.45) is 0 Å². The van der Waals surface area contributed by atoms with Gasteiger partial charge in [0, 0.05) is 10.0 Å². The number of carbonyl (C=O) groups excluding carboxylic acids is 1. The normalized spacial score (nSPS) is 10.0. The molecule has 0 bridgehead atoms. The fraction of sp³-hybridized carbons (Fsp3) is 0.125. The molecule has 0 aliphatic rings. The molecule has 0 atom stereocenters. The Hall–Kier alpha value is -2.52. The second kappa shape index (κ2) is 8.04. The maximum atomic E-state index is 12.2. The first-order chi connectivity index (χ1) is 11.8. The van der Waals surface area contributed by atoms with Gasteiger partial charge in [0.25, 0.3) is 11.6 Å². The number of hydrogen-bond donors (Lipinski definition) is 2. The third-order valence-corrected chi connectivity index (χ3v) is 4.37. The van der Waals surface area contributed by atoms with Crippen LogP contribution in [0, 0.1) is 17.0 Å². The SMILES string of the molecule is COc1ccc(NC(=S)NC(=O)c2ccc(C)c(Br)c2)c([N+](=O)[O-])c1. The Labute approximate surface area is 157 Å². The minimum absolute atomic E-state index is 0.0463. The van der Waals surface area contributed by atoms with Gasteiger partial charge < -0.3 is 10.1 Å². The van der Waals surface area contributed by atoms with Crippen molar-refractivity contribution in [2.45, 2.75) is 6.92 Å².